The number of benzene rings is 1. The van der Waals surface area contributed by atoms with Crippen molar-refractivity contribution in [2.45, 2.75) is 18.3 Å². The normalized spacial score (nSPS) is 32.0. The van der Waals surface area contributed by atoms with Gasteiger partial charge in [0.2, 0.25) is 11.7 Å². The second kappa shape index (κ2) is 4.87. The molecule has 1 aromatic carbocycles. The van der Waals surface area contributed by atoms with E-state index in [0.717, 1.165) is 4.90 Å². The standard InChI is InChI=1S/C16H15NO6/c1-21-16-10-5-3-2-4-9(10)13(18)12(23-16)8-11(16)14(19)17-6-7-22-15(17)20/h2-5,11-12H,6-8H2,1H3/t11-,12-,16-/m1/s1. The molecule has 0 radical (unpaired) electrons. The van der Waals surface area contributed by atoms with Crippen LogP contribution in [0.25, 0.3) is 0 Å². The Balaban J connectivity index is 1.80. The molecule has 23 heavy (non-hydrogen) atoms. The predicted octanol–water partition coefficient (Wildman–Crippen LogP) is 1.07. The van der Waals surface area contributed by atoms with Gasteiger partial charge in [0, 0.05) is 18.2 Å². The van der Waals surface area contributed by atoms with Gasteiger partial charge in [-0.15, -0.1) is 0 Å². The van der Waals surface area contributed by atoms with Gasteiger partial charge in [-0.05, 0) is 6.42 Å². The summed E-state index contributed by atoms with van der Waals surface area (Å²) < 4.78 is 16.3. The summed E-state index contributed by atoms with van der Waals surface area (Å²) in [5.41, 5.74) is 1.04. The topological polar surface area (TPSA) is 82.1 Å². The van der Waals surface area contributed by atoms with E-state index in [1.165, 1.54) is 7.11 Å². The smallest absolute Gasteiger partial charge is 0.416 e. The van der Waals surface area contributed by atoms with Crippen molar-refractivity contribution in [3.8, 4) is 0 Å². The number of rotatable bonds is 2. The molecule has 3 aliphatic rings. The van der Waals surface area contributed by atoms with E-state index in [1.54, 1.807) is 24.3 Å². The van der Waals surface area contributed by atoms with Gasteiger partial charge in [0.25, 0.3) is 0 Å². The van der Waals surface area contributed by atoms with Gasteiger partial charge in [-0.25, -0.2) is 9.69 Å². The number of fused-ring (bicyclic) bond motifs is 4. The van der Waals surface area contributed by atoms with E-state index >= 15 is 0 Å². The summed E-state index contributed by atoms with van der Waals surface area (Å²) >= 11 is 0. The SMILES string of the molecule is CO[C@]12O[C@H](C[C@@H]1C(=O)N1CCOC1=O)C(=O)c1ccccc12. The number of carbonyl (C=O) groups excluding carboxylic acids is 3. The van der Waals surface area contributed by atoms with Crippen LogP contribution in [0.4, 0.5) is 4.79 Å². The highest BCUT2D eigenvalue weighted by molar-refractivity contribution is 6.04. The van der Waals surface area contributed by atoms with Gasteiger partial charge in [0.15, 0.2) is 5.78 Å². The highest BCUT2D eigenvalue weighted by Gasteiger charge is 2.61. The van der Waals surface area contributed by atoms with Crippen molar-refractivity contribution in [3.63, 3.8) is 0 Å². The van der Waals surface area contributed by atoms with E-state index in [0.29, 0.717) is 11.1 Å². The van der Waals surface area contributed by atoms with Gasteiger partial charge in [-0.2, -0.15) is 0 Å². The summed E-state index contributed by atoms with van der Waals surface area (Å²) in [6, 6.07) is 6.96. The molecule has 0 N–H and O–H groups in total. The maximum absolute atomic E-state index is 12.8. The largest absolute Gasteiger partial charge is 0.447 e. The number of hydrogen-bond acceptors (Lipinski definition) is 6. The van der Waals surface area contributed by atoms with Crippen molar-refractivity contribution in [2.75, 3.05) is 20.3 Å². The van der Waals surface area contributed by atoms with Gasteiger partial charge >= 0.3 is 6.09 Å². The molecule has 2 saturated heterocycles. The third-order valence-electron chi connectivity index (χ3n) is 4.71. The van der Waals surface area contributed by atoms with Crippen molar-refractivity contribution in [2.24, 2.45) is 5.92 Å². The van der Waals surface area contributed by atoms with Gasteiger partial charge in [-0.3, -0.25) is 9.59 Å². The average molecular weight is 317 g/mol. The Kier molecular flexibility index (Phi) is 3.04. The second-order valence-electron chi connectivity index (χ2n) is 5.78. The zero-order valence-electron chi connectivity index (χ0n) is 12.5. The Morgan fingerprint density at radius 1 is 1.35 bits per heavy atom. The zero-order valence-corrected chi connectivity index (χ0v) is 12.5. The van der Waals surface area contributed by atoms with Crippen LogP contribution in [0, 0.1) is 5.92 Å². The van der Waals surface area contributed by atoms with Crippen LogP contribution < -0.4 is 0 Å². The van der Waals surface area contributed by atoms with E-state index in [-0.39, 0.29) is 25.4 Å². The summed E-state index contributed by atoms with van der Waals surface area (Å²) in [7, 11) is 1.44. The van der Waals surface area contributed by atoms with E-state index in [1.807, 2.05) is 0 Å². The monoisotopic (exact) mass is 317 g/mol. The van der Waals surface area contributed by atoms with E-state index < -0.39 is 29.8 Å². The van der Waals surface area contributed by atoms with E-state index in [9.17, 15) is 14.4 Å². The summed E-state index contributed by atoms with van der Waals surface area (Å²) in [6.45, 7) is 0.380. The number of nitrogens with zero attached hydrogens (tertiary/aromatic N) is 1. The molecule has 7 nitrogen and oxygen atoms in total. The van der Waals surface area contributed by atoms with Crippen molar-refractivity contribution in [3.05, 3.63) is 35.4 Å². The van der Waals surface area contributed by atoms with Crippen LogP contribution in [0.15, 0.2) is 24.3 Å². The second-order valence-corrected chi connectivity index (χ2v) is 5.78. The maximum atomic E-state index is 12.8. The van der Waals surface area contributed by atoms with Gasteiger partial charge in [0.05, 0.1) is 6.54 Å². The van der Waals surface area contributed by atoms with Crippen LogP contribution in [0.5, 0.6) is 0 Å². The lowest BCUT2D eigenvalue weighted by atomic mass is 9.89. The fourth-order valence-corrected chi connectivity index (χ4v) is 3.64. The Labute approximate surface area is 132 Å². The van der Waals surface area contributed by atoms with Crippen LogP contribution in [0.1, 0.15) is 22.3 Å². The van der Waals surface area contributed by atoms with Crippen LogP contribution >= 0.6 is 0 Å². The number of ether oxygens (including phenoxy) is 3. The zero-order chi connectivity index (χ0) is 16.2. The maximum Gasteiger partial charge on any atom is 0.416 e. The Morgan fingerprint density at radius 3 is 2.83 bits per heavy atom. The van der Waals surface area contributed by atoms with Gasteiger partial charge in [-0.1, -0.05) is 24.3 Å². The lowest BCUT2D eigenvalue weighted by Gasteiger charge is -2.36. The molecule has 2 fully saturated rings. The molecule has 0 saturated carbocycles. The first-order chi connectivity index (χ1) is 11.1. The Hall–Kier alpha value is -2.25. The van der Waals surface area contributed by atoms with Crippen LogP contribution in [0.2, 0.25) is 0 Å². The van der Waals surface area contributed by atoms with Crippen molar-refractivity contribution in [1.82, 2.24) is 4.90 Å². The summed E-state index contributed by atoms with van der Waals surface area (Å²) in [4.78, 5) is 38.1. The van der Waals surface area contributed by atoms with Crippen molar-refractivity contribution >= 4 is 17.8 Å². The van der Waals surface area contributed by atoms with Crippen molar-refractivity contribution in [1.29, 1.82) is 0 Å². The molecule has 3 heterocycles. The van der Waals surface area contributed by atoms with E-state index in [2.05, 4.69) is 0 Å². The molecular formula is C16H15NO6. The molecule has 0 aliphatic carbocycles. The quantitative estimate of drug-likeness (QED) is 0.811. The molecular weight excluding hydrogens is 302 g/mol. The van der Waals surface area contributed by atoms with Crippen LogP contribution in [0.3, 0.4) is 0 Å². The first-order valence-corrected chi connectivity index (χ1v) is 7.43. The molecule has 4 rings (SSSR count). The molecule has 3 atom stereocenters. The highest BCUT2D eigenvalue weighted by Crippen LogP contribution is 2.51. The van der Waals surface area contributed by atoms with E-state index in [4.69, 9.17) is 14.2 Å². The number of amides is 2. The number of carbonyl (C=O) groups is 3. The van der Waals surface area contributed by atoms with Crippen molar-refractivity contribution < 1.29 is 28.6 Å². The lowest BCUT2D eigenvalue weighted by Crippen LogP contribution is -2.47. The fraction of sp³-hybridized carbons (Fsp3) is 0.438. The molecule has 2 bridgehead atoms. The number of ketones is 1. The molecule has 3 aliphatic heterocycles. The number of hydrogen-bond donors (Lipinski definition) is 0. The predicted molar refractivity (Wildman–Crippen MR) is 75.5 cm³/mol. The third kappa shape index (κ3) is 1.80. The Morgan fingerprint density at radius 2 is 2.13 bits per heavy atom. The third-order valence-corrected chi connectivity index (χ3v) is 4.71. The number of Topliss-reactive ketones (excluding diaryl/α,β-unsaturated/α-hetero) is 1. The summed E-state index contributed by atoms with van der Waals surface area (Å²) in [5.74, 6) is -2.69. The van der Waals surface area contributed by atoms with Gasteiger partial charge < -0.3 is 14.2 Å². The number of methoxy groups -OCH3 is 1. The van der Waals surface area contributed by atoms with Crippen LogP contribution in [-0.2, 0) is 24.8 Å². The number of imide groups is 1. The first-order valence-electron chi connectivity index (χ1n) is 7.43. The molecule has 1 aromatic rings. The van der Waals surface area contributed by atoms with Gasteiger partial charge in [0.1, 0.15) is 18.6 Å². The average Bonchev–Trinajstić information content (AvgIpc) is 3.15. The molecule has 0 aromatic heterocycles. The molecule has 0 spiro atoms. The first kappa shape index (κ1) is 14.3. The molecule has 7 heteroatoms. The summed E-state index contributed by atoms with van der Waals surface area (Å²) in [5, 5.41) is 0. The Bertz CT molecular complexity index is 716. The van der Waals surface area contributed by atoms with Crippen LogP contribution in [-0.4, -0.2) is 49.0 Å². The minimum Gasteiger partial charge on any atom is -0.447 e. The number of cyclic esters (lactones) is 1. The minimum absolute atomic E-state index is 0.160. The fourth-order valence-electron chi connectivity index (χ4n) is 3.64. The summed E-state index contributed by atoms with van der Waals surface area (Å²) in [6.07, 6.45) is -1.22. The minimum atomic E-state index is -1.34. The molecule has 2 amide bonds. The molecule has 0 unspecified atom stereocenters. The molecule has 120 valence electrons. The lowest BCUT2D eigenvalue weighted by molar-refractivity contribution is -0.237. The highest BCUT2D eigenvalue weighted by atomic mass is 16.7.